The molecule has 0 aliphatic carbocycles. The lowest BCUT2D eigenvalue weighted by molar-refractivity contribution is -0.0763. The number of ether oxygens (including phenoxy) is 1. The highest BCUT2D eigenvalue weighted by atomic mass is 32.1. The number of aromatic nitrogens is 1. The van der Waals surface area contributed by atoms with Crippen molar-refractivity contribution >= 4 is 32.6 Å². The monoisotopic (exact) mass is 291 g/mol. The highest BCUT2D eigenvalue weighted by Gasteiger charge is 2.30. The van der Waals surface area contributed by atoms with Gasteiger partial charge in [0.05, 0.1) is 22.4 Å². The van der Waals surface area contributed by atoms with Gasteiger partial charge >= 0.3 is 0 Å². The Morgan fingerprint density at radius 3 is 3.05 bits per heavy atom. The van der Waals surface area contributed by atoms with E-state index in [1.54, 1.807) is 0 Å². The first-order chi connectivity index (χ1) is 9.44. The van der Waals surface area contributed by atoms with E-state index >= 15 is 0 Å². The van der Waals surface area contributed by atoms with E-state index in [4.69, 9.17) is 10.5 Å². The minimum absolute atomic E-state index is 0.0373. The maximum Gasteiger partial charge on any atom is 0.254 e. The van der Waals surface area contributed by atoms with Crippen molar-refractivity contribution in [1.82, 2.24) is 9.88 Å². The van der Waals surface area contributed by atoms with E-state index in [1.165, 1.54) is 11.3 Å². The van der Waals surface area contributed by atoms with E-state index in [0.717, 1.165) is 10.2 Å². The van der Waals surface area contributed by atoms with Crippen LogP contribution in [0, 0.1) is 0 Å². The number of rotatable bonds is 1. The lowest BCUT2D eigenvalue weighted by Gasteiger charge is -2.38. The van der Waals surface area contributed by atoms with Crippen molar-refractivity contribution in [3.05, 3.63) is 23.8 Å². The van der Waals surface area contributed by atoms with Gasteiger partial charge in [-0.25, -0.2) is 4.98 Å². The summed E-state index contributed by atoms with van der Waals surface area (Å²) in [4.78, 5) is 18.6. The maximum absolute atomic E-state index is 12.6. The second kappa shape index (κ2) is 4.71. The molecule has 1 fully saturated rings. The van der Waals surface area contributed by atoms with Crippen LogP contribution in [0.3, 0.4) is 0 Å². The number of thiazole rings is 1. The third kappa shape index (κ3) is 2.48. The summed E-state index contributed by atoms with van der Waals surface area (Å²) in [5.41, 5.74) is 6.92. The summed E-state index contributed by atoms with van der Waals surface area (Å²) in [6.45, 7) is 5.81. The minimum atomic E-state index is -0.285. The first-order valence-corrected chi connectivity index (χ1v) is 7.36. The zero-order chi connectivity index (χ0) is 14.3. The number of carbonyl (C=O) groups excluding carboxylic acids is 1. The summed E-state index contributed by atoms with van der Waals surface area (Å²) >= 11 is 1.40. The van der Waals surface area contributed by atoms with Crippen molar-refractivity contribution in [2.75, 3.05) is 25.4 Å². The number of fused-ring (bicyclic) bond motifs is 1. The summed E-state index contributed by atoms with van der Waals surface area (Å²) in [6.07, 6.45) is 0. The largest absolute Gasteiger partial charge is 0.375 e. The number of nitrogens with zero attached hydrogens (tertiary/aromatic N) is 2. The van der Waals surface area contributed by atoms with Crippen LogP contribution in [0.15, 0.2) is 18.2 Å². The van der Waals surface area contributed by atoms with Gasteiger partial charge in [-0.3, -0.25) is 4.79 Å². The SMILES string of the molecule is CC1(C)CN(C(=O)c2ccc3nc(N)sc3c2)CCO1. The van der Waals surface area contributed by atoms with Gasteiger partial charge in [0.2, 0.25) is 0 Å². The molecule has 6 heteroatoms. The molecule has 1 aromatic carbocycles. The molecule has 0 unspecified atom stereocenters. The zero-order valence-electron chi connectivity index (χ0n) is 11.5. The molecular weight excluding hydrogens is 274 g/mol. The number of anilines is 1. The highest BCUT2D eigenvalue weighted by molar-refractivity contribution is 7.22. The van der Waals surface area contributed by atoms with Crippen molar-refractivity contribution in [1.29, 1.82) is 0 Å². The lowest BCUT2D eigenvalue weighted by Crippen LogP contribution is -2.50. The average molecular weight is 291 g/mol. The van der Waals surface area contributed by atoms with E-state index in [9.17, 15) is 4.79 Å². The first kappa shape index (κ1) is 13.3. The number of nitrogen functional groups attached to an aromatic ring is 1. The Bertz CT molecular complexity index is 665. The Hall–Kier alpha value is -1.66. The van der Waals surface area contributed by atoms with Crippen LogP contribution in [-0.2, 0) is 4.74 Å². The van der Waals surface area contributed by atoms with Crippen molar-refractivity contribution < 1.29 is 9.53 Å². The molecule has 1 amide bonds. The van der Waals surface area contributed by atoms with Gasteiger partial charge in [0.1, 0.15) is 0 Å². The third-order valence-corrected chi connectivity index (χ3v) is 4.21. The summed E-state index contributed by atoms with van der Waals surface area (Å²) in [7, 11) is 0. The Balaban J connectivity index is 1.88. The topological polar surface area (TPSA) is 68.5 Å². The van der Waals surface area contributed by atoms with Crippen LogP contribution in [0.4, 0.5) is 5.13 Å². The normalized spacial score (nSPS) is 18.4. The van der Waals surface area contributed by atoms with Crippen LogP contribution in [0.25, 0.3) is 10.2 Å². The number of hydrogen-bond acceptors (Lipinski definition) is 5. The molecule has 3 rings (SSSR count). The molecule has 2 aromatic rings. The first-order valence-electron chi connectivity index (χ1n) is 6.54. The van der Waals surface area contributed by atoms with Crippen LogP contribution < -0.4 is 5.73 Å². The van der Waals surface area contributed by atoms with Gasteiger partial charge in [0.15, 0.2) is 5.13 Å². The second-order valence-electron chi connectivity index (χ2n) is 5.57. The Morgan fingerprint density at radius 1 is 1.50 bits per heavy atom. The van der Waals surface area contributed by atoms with Crippen LogP contribution >= 0.6 is 11.3 Å². The fourth-order valence-electron chi connectivity index (χ4n) is 2.45. The maximum atomic E-state index is 12.6. The Morgan fingerprint density at radius 2 is 2.30 bits per heavy atom. The van der Waals surface area contributed by atoms with Gasteiger partial charge in [-0.05, 0) is 32.0 Å². The Labute approximate surface area is 121 Å². The summed E-state index contributed by atoms with van der Waals surface area (Å²) in [5.74, 6) is 0.0373. The van der Waals surface area contributed by atoms with Crippen LogP contribution in [0.5, 0.6) is 0 Å². The Kier molecular flexibility index (Phi) is 3.14. The van der Waals surface area contributed by atoms with Crippen molar-refractivity contribution in [2.24, 2.45) is 0 Å². The zero-order valence-corrected chi connectivity index (χ0v) is 12.4. The predicted molar refractivity (Wildman–Crippen MR) is 80.0 cm³/mol. The number of hydrogen-bond donors (Lipinski definition) is 1. The van der Waals surface area contributed by atoms with Crippen LogP contribution in [-0.4, -0.2) is 41.1 Å². The molecule has 5 nitrogen and oxygen atoms in total. The number of morpholine rings is 1. The van der Waals surface area contributed by atoms with Gasteiger partial charge in [-0.2, -0.15) is 0 Å². The molecule has 0 bridgehead atoms. The predicted octanol–water partition coefficient (Wildman–Crippen LogP) is 2.13. The molecule has 106 valence electrons. The van der Waals surface area contributed by atoms with Gasteiger partial charge in [-0.15, -0.1) is 0 Å². The van der Waals surface area contributed by atoms with E-state index in [-0.39, 0.29) is 11.5 Å². The lowest BCUT2D eigenvalue weighted by atomic mass is 10.1. The molecule has 0 radical (unpaired) electrons. The average Bonchev–Trinajstić information content (AvgIpc) is 2.75. The highest BCUT2D eigenvalue weighted by Crippen LogP contribution is 2.26. The quantitative estimate of drug-likeness (QED) is 0.874. The minimum Gasteiger partial charge on any atom is -0.375 e. The summed E-state index contributed by atoms with van der Waals surface area (Å²) < 4.78 is 6.58. The molecule has 20 heavy (non-hydrogen) atoms. The molecule has 2 heterocycles. The molecule has 1 aromatic heterocycles. The summed E-state index contributed by atoms with van der Waals surface area (Å²) in [6, 6.07) is 5.53. The van der Waals surface area contributed by atoms with Crippen LogP contribution in [0.2, 0.25) is 0 Å². The van der Waals surface area contributed by atoms with E-state index in [0.29, 0.717) is 30.4 Å². The van der Waals surface area contributed by atoms with Crippen molar-refractivity contribution in [2.45, 2.75) is 19.4 Å². The standard InChI is InChI=1S/C14H17N3O2S/c1-14(2)8-17(5-6-19-14)12(18)9-3-4-10-11(7-9)20-13(15)16-10/h3-4,7H,5-6,8H2,1-2H3,(H2,15,16). The van der Waals surface area contributed by atoms with Gasteiger partial charge in [0, 0.05) is 18.7 Å². The van der Waals surface area contributed by atoms with Gasteiger partial charge < -0.3 is 15.4 Å². The van der Waals surface area contributed by atoms with Crippen molar-refractivity contribution in [3.63, 3.8) is 0 Å². The molecular formula is C14H17N3O2S. The number of nitrogens with two attached hydrogens (primary N) is 1. The summed E-state index contributed by atoms with van der Waals surface area (Å²) in [5, 5.41) is 0.525. The van der Waals surface area contributed by atoms with Crippen LogP contribution in [0.1, 0.15) is 24.2 Å². The molecule has 0 spiro atoms. The fourth-order valence-corrected chi connectivity index (χ4v) is 3.22. The van der Waals surface area contributed by atoms with Gasteiger partial charge in [-0.1, -0.05) is 11.3 Å². The van der Waals surface area contributed by atoms with E-state index in [2.05, 4.69) is 4.98 Å². The molecule has 0 atom stereocenters. The molecule has 1 saturated heterocycles. The van der Waals surface area contributed by atoms with Crippen molar-refractivity contribution in [3.8, 4) is 0 Å². The number of amides is 1. The number of carbonyl (C=O) groups is 1. The molecule has 1 aliphatic heterocycles. The van der Waals surface area contributed by atoms with Gasteiger partial charge in [0.25, 0.3) is 5.91 Å². The third-order valence-electron chi connectivity index (χ3n) is 3.36. The molecule has 0 saturated carbocycles. The fraction of sp³-hybridized carbons (Fsp3) is 0.429. The molecule has 1 aliphatic rings. The smallest absolute Gasteiger partial charge is 0.254 e. The van der Waals surface area contributed by atoms with E-state index in [1.807, 2.05) is 36.9 Å². The van der Waals surface area contributed by atoms with E-state index < -0.39 is 0 Å². The second-order valence-corrected chi connectivity index (χ2v) is 6.63. The number of benzene rings is 1. The molecule has 2 N–H and O–H groups in total.